The van der Waals surface area contributed by atoms with Gasteiger partial charge in [0, 0.05) is 19.1 Å². The number of likely N-dealkylation sites (tertiary alicyclic amines) is 1. The average Bonchev–Trinajstić information content (AvgIpc) is 2.44. The second-order valence-electron chi connectivity index (χ2n) is 4.89. The Hall–Kier alpha value is -1.72. The van der Waals surface area contributed by atoms with E-state index in [4.69, 9.17) is 5.26 Å². The van der Waals surface area contributed by atoms with E-state index in [2.05, 4.69) is 27.3 Å². The van der Waals surface area contributed by atoms with Crippen molar-refractivity contribution in [3.8, 4) is 6.07 Å². The fourth-order valence-electron chi connectivity index (χ4n) is 2.36. The lowest BCUT2D eigenvalue weighted by atomic mass is 10.0. The predicted molar refractivity (Wildman–Crippen MR) is 79.5 cm³/mol. The van der Waals surface area contributed by atoms with Crippen LogP contribution in [0.3, 0.4) is 0 Å². The van der Waals surface area contributed by atoms with E-state index in [1.165, 1.54) is 6.07 Å². The van der Waals surface area contributed by atoms with Crippen molar-refractivity contribution in [1.82, 2.24) is 4.90 Å². The van der Waals surface area contributed by atoms with Crippen LogP contribution in [0.4, 0.5) is 15.8 Å². The lowest BCUT2D eigenvalue weighted by Crippen LogP contribution is -2.39. The van der Waals surface area contributed by atoms with E-state index in [0.29, 0.717) is 12.2 Å². The summed E-state index contributed by atoms with van der Waals surface area (Å²) >= 11 is 3.04. The van der Waals surface area contributed by atoms with E-state index >= 15 is 0 Å². The summed E-state index contributed by atoms with van der Waals surface area (Å²) in [7, 11) is 0. The molecule has 1 fully saturated rings. The highest BCUT2D eigenvalue weighted by molar-refractivity contribution is 9.10. The summed E-state index contributed by atoms with van der Waals surface area (Å²) in [6.45, 7) is 1.93. The van der Waals surface area contributed by atoms with Gasteiger partial charge in [-0.05, 0) is 34.8 Å². The monoisotopic (exact) mass is 356 g/mol. The van der Waals surface area contributed by atoms with Gasteiger partial charge in [-0.25, -0.2) is 4.39 Å². The van der Waals surface area contributed by atoms with Crippen molar-refractivity contribution >= 4 is 27.3 Å². The Morgan fingerprint density at radius 3 is 2.76 bits per heavy atom. The fraction of sp³-hybridized carbons (Fsp3) is 0.462. The van der Waals surface area contributed by atoms with Crippen LogP contribution in [0, 0.1) is 27.3 Å². The van der Waals surface area contributed by atoms with Crippen molar-refractivity contribution in [2.75, 3.05) is 25.0 Å². The van der Waals surface area contributed by atoms with E-state index in [-0.39, 0.29) is 16.2 Å². The number of benzene rings is 1. The van der Waals surface area contributed by atoms with Crippen LogP contribution in [-0.2, 0) is 0 Å². The molecule has 1 aliphatic rings. The van der Waals surface area contributed by atoms with Gasteiger partial charge < -0.3 is 5.32 Å². The number of rotatable bonds is 4. The first-order valence-electron chi connectivity index (χ1n) is 6.50. The molecule has 1 aliphatic heterocycles. The number of piperidine rings is 1. The molecular formula is C13H14BrFN4O2. The van der Waals surface area contributed by atoms with Gasteiger partial charge in [-0.3, -0.25) is 15.0 Å². The minimum absolute atomic E-state index is 0.0796. The molecule has 1 heterocycles. The average molecular weight is 357 g/mol. The second kappa shape index (κ2) is 6.83. The van der Waals surface area contributed by atoms with Crippen molar-refractivity contribution in [3.63, 3.8) is 0 Å². The van der Waals surface area contributed by atoms with Crippen LogP contribution in [0.1, 0.15) is 12.8 Å². The number of hydrogen-bond donors (Lipinski definition) is 1. The zero-order valence-corrected chi connectivity index (χ0v) is 12.8. The quantitative estimate of drug-likeness (QED) is 0.509. The summed E-state index contributed by atoms with van der Waals surface area (Å²) in [5.74, 6) is -0.656. The number of nitro benzene ring substituents is 1. The molecule has 0 bridgehead atoms. The van der Waals surface area contributed by atoms with E-state index in [0.717, 1.165) is 32.0 Å². The Bertz CT molecular complexity index is 582. The van der Waals surface area contributed by atoms with E-state index in [9.17, 15) is 14.5 Å². The maximum absolute atomic E-state index is 13.4. The van der Waals surface area contributed by atoms with Gasteiger partial charge in [0.05, 0.1) is 28.1 Å². The van der Waals surface area contributed by atoms with Gasteiger partial charge >= 0.3 is 0 Å². The van der Waals surface area contributed by atoms with Crippen molar-refractivity contribution in [2.45, 2.75) is 18.9 Å². The summed E-state index contributed by atoms with van der Waals surface area (Å²) in [6.07, 6.45) is 1.57. The van der Waals surface area contributed by atoms with Crippen LogP contribution in [0.25, 0.3) is 0 Å². The molecule has 1 aromatic carbocycles. The third-order valence-corrected chi connectivity index (χ3v) is 4.08. The molecule has 0 aromatic heterocycles. The molecule has 6 nitrogen and oxygen atoms in total. The smallest absolute Gasteiger partial charge is 0.295 e. The van der Waals surface area contributed by atoms with Gasteiger partial charge in [-0.2, -0.15) is 5.26 Å². The fourth-order valence-corrected chi connectivity index (χ4v) is 2.70. The van der Waals surface area contributed by atoms with Gasteiger partial charge in [0.15, 0.2) is 0 Å². The Morgan fingerprint density at radius 2 is 2.19 bits per heavy atom. The molecule has 0 saturated carbocycles. The third kappa shape index (κ3) is 3.89. The lowest BCUT2D eigenvalue weighted by molar-refractivity contribution is -0.384. The summed E-state index contributed by atoms with van der Waals surface area (Å²) in [5.41, 5.74) is 0.0437. The summed E-state index contributed by atoms with van der Waals surface area (Å²) in [4.78, 5) is 12.4. The topological polar surface area (TPSA) is 82.2 Å². The van der Waals surface area contributed by atoms with Gasteiger partial charge in [0.1, 0.15) is 11.5 Å². The molecular weight excluding hydrogens is 343 g/mol. The Kier molecular flexibility index (Phi) is 5.09. The molecule has 112 valence electrons. The van der Waals surface area contributed by atoms with Crippen LogP contribution >= 0.6 is 15.9 Å². The first kappa shape index (κ1) is 15.7. The molecule has 2 rings (SSSR count). The van der Waals surface area contributed by atoms with Crippen LogP contribution < -0.4 is 5.32 Å². The van der Waals surface area contributed by atoms with E-state index in [1.54, 1.807) is 0 Å². The molecule has 0 radical (unpaired) electrons. The van der Waals surface area contributed by atoms with E-state index < -0.39 is 10.7 Å². The van der Waals surface area contributed by atoms with Gasteiger partial charge in [-0.15, -0.1) is 0 Å². The van der Waals surface area contributed by atoms with Crippen molar-refractivity contribution in [1.29, 1.82) is 5.26 Å². The number of halogens is 2. The zero-order chi connectivity index (χ0) is 15.4. The largest absolute Gasteiger partial charge is 0.377 e. The Balaban J connectivity index is 2.08. The number of nitrogens with one attached hydrogen (secondary N) is 1. The maximum atomic E-state index is 13.4. The maximum Gasteiger partial charge on any atom is 0.295 e. The summed E-state index contributed by atoms with van der Waals surface area (Å²) < 4.78 is 13.6. The molecule has 1 saturated heterocycles. The molecule has 1 N–H and O–H groups in total. The lowest BCUT2D eigenvalue weighted by Gasteiger charge is -2.31. The highest BCUT2D eigenvalue weighted by Gasteiger charge is 2.23. The number of hydrogen-bond acceptors (Lipinski definition) is 5. The second-order valence-corrected chi connectivity index (χ2v) is 5.75. The van der Waals surface area contributed by atoms with Gasteiger partial charge in [0.2, 0.25) is 0 Å². The molecule has 0 unspecified atom stereocenters. The van der Waals surface area contributed by atoms with Crippen LogP contribution in [-0.4, -0.2) is 35.5 Å². The first-order valence-corrected chi connectivity index (χ1v) is 7.30. The van der Waals surface area contributed by atoms with Crippen molar-refractivity contribution in [2.24, 2.45) is 0 Å². The highest BCUT2D eigenvalue weighted by Crippen LogP contribution is 2.32. The predicted octanol–water partition coefficient (Wildman–Crippen LogP) is 2.90. The number of nitriles is 1. The van der Waals surface area contributed by atoms with Gasteiger partial charge in [0.25, 0.3) is 5.69 Å². The number of nitrogens with zero attached hydrogens (tertiary/aromatic N) is 3. The molecule has 21 heavy (non-hydrogen) atoms. The molecule has 8 heteroatoms. The Morgan fingerprint density at radius 1 is 1.52 bits per heavy atom. The van der Waals surface area contributed by atoms with E-state index in [1.807, 2.05) is 4.90 Å². The number of anilines is 1. The first-order chi connectivity index (χ1) is 10.0. The van der Waals surface area contributed by atoms with Crippen LogP contribution in [0.2, 0.25) is 0 Å². The number of nitro groups is 1. The minimum atomic E-state index is -0.656. The molecule has 1 aromatic rings. The standard InChI is InChI=1S/C13H14BrFN4O2/c14-10-7-12(13(19(20)21)8-11(10)15)17-9-1-4-18(5-2-9)6-3-16/h7-9,17H,1-2,4-6H2. The molecule has 0 amide bonds. The van der Waals surface area contributed by atoms with Crippen molar-refractivity contribution in [3.05, 3.63) is 32.5 Å². The molecule has 0 atom stereocenters. The normalized spacial score (nSPS) is 16.4. The molecule has 0 aliphatic carbocycles. The molecule has 0 spiro atoms. The summed E-state index contributed by atoms with van der Waals surface area (Å²) in [6, 6.07) is 4.50. The highest BCUT2D eigenvalue weighted by atomic mass is 79.9. The van der Waals surface area contributed by atoms with Crippen LogP contribution in [0.5, 0.6) is 0 Å². The van der Waals surface area contributed by atoms with Crippen molar-refractivity contribution < 1.29 is 9.31 Å². The zero-order valence-electron chi connectivity index (χ0n) is 11.2. The SMILES string of the molecule is N#CCN1CCC(Nc2cc(Br)c(F)cc2[N+](=O)[O-])CC1. The summed E-state index contributed by atoms with van der Waals surface area (Å²) in [5, 5.41) is 22.8. The Labute approximate surface area is 129 Å². The third-order valence-electron chi connectivity index (χ3n) is 3.48. The van der Waals surface area contributed by atoms with Crippen LogP contribution in [0.15, 0.2) is 16.6 Å². The minimum Gasteiger partial charge on any atom is -0.377 e. The van der Waals surface area contributed by atoms with Gasteiger partial charge in [-0.1, -0.05) is 0 Å².